The van der Waals surface area contributed by atoms with E-state index in [1.165, 1.54) is 16.8 Å². The summed E-state index contributed by atoms with van der Waals surface area (Å²) < 4.78 is 0. The zero-order valence-electron chi connectivity index (χ0n) is 14.0. The van der Waals surface area contributed by atoms with Gasteiger partial charge in [0.15, 0.2) is 0 Å². The number of hydrogen-bond acceptors (Lipinski definition) is 4. The molecule has 1 amide bonds. The minimum absolute atomic E-state index is 0.192. The van der Waals surface area contributed by atoms with E-state index >= 15 is 0 Å². The molecule has 1 aromatic heterocycles. The standard InChI is InChI=1S/C19H22N4O/c1-22-18-4-2-14(10-15(18)3-5-19(22)24)16-11-17(13-21-12-16)23-8-6-20-7-9-23/h2,4,10-13,20H,3,5-9H2,1H3. The fourth-order valence-corrected chi connectivity index (χ4v) is 3.52. The first kappa shape index (κ1) is 15.1. The Bertz CT molecular complexity index is 768. The second-order valence-electron chi connectivity index (χ2n) is 6.47. The van der Waals surface area contributed by atoms with E-state index in [0.717, 1.165) is 43.9 Å². The molecule has 0 aliphatic carbocycles. The van der Waals surface area contributed by atoms with Crippen LogP contribution in [0.1, 0.15) is 12.0 Å². The van der Waals surface area contributed by atoms with Crippen molar-refractivity contribution >= 4 is 17.3 Å². The van der Waals surface area contributed by atoms with Crippen molar-refractivity contribution in [2.45, 2.75) is 12.8 Å². The van der Waals surface area contributed by atoms with E-state index in [1.807, 2.05) is 19.4 Å². The molecule has 124 valence electrons. The summed E-state index contributed by atoms with van der Waals surface area (Å²) in [6.07, 6.45) is 5.27. The van der Waals surface area contributed by atoms with Gasteiger partial charge in [-0.05, 0) is 35.7 Å². The Morgan fingerprint density at radius 2 is 1.88 bits per heavy atom. The Morgan fingerprint density at radius 3 is 2.71 bits per heavy atom. The highest BCUT2D eigenvalue weighted by Crippen LogP contribution is 2.32. The number of hydrogen-bond donors (Lipinski definition) is 1. The largest absolute Gasteiger partial charge is 0.368 e. The summed E-state index contributed by atoms with van der Waals surface area (Å²) in [5.41, 5.74) is 5.75. The fourth-order valence-electron chi connectivity index (χ4n) is 3.52. The number of anilines is 2. The lowest BCUT2D eigenvalue weighted by Crippen LogP contribution is -2.43. The molecule has 1 aromatic carbocycles. The lowest BCUT2D eigenvalue weighted by atomic mass is 9.96. The highest BCUT2D eigenvalue weighted by molar-refractivity contribution is 5.96. The molecule has 0 bridgehead atoms. The summed E-state index contributed by atoms with van der Waals surface area (Å²) in [4.78, 5) is 20.4. The molecular weight excluding hydrogens is 300 g/mol. The number of amides is 1. The maximum atomic E-state index is 11.8. The van der Waals surface area contributed by atoms with Crippen LogP contribution in [0, 0.1) is 0 Å². The van der Waals surface area contributed by atoms with E-state index in [2.05, 4.69) is 39.5 Å². The number of fused-ring (bicyclic) bond motifs is 1. The van der Waals surface area contributed by atoms with Crippen LogP contribution in [0.2, 0.25) is 0 Å². The van der Waals surface area contributed by atoms with E-state index in [9.17, 15) is 4.79 Å². The first-order valence-corrected chi connectivity index (χ1v) is 8.53. The Labute approximate surface area is 142 Å². The van der Waals surface area contributed by atoms with Crippen LogP contribution in [0.15, 0.2) is 36.7 Å². The Hall–Kier alpha value is -2.40. The van der Waals surface area contributed by atoms with E-state index in [1.54, 1.807) is 4.90 Å². The van der Waals surface area contributed by atoms with Crippen molar-refractivity contribution in [2.75, 3.05) is 43.0 Å². The first-order valence-electron chi connectivity index (χ1n) is 8.53. The maximum Gasteiger partial charge on any atom is 0.227 e. The van der Waals surface area contributed by atoms with Crippen LogP contribution >= 0.6 is 0 Å². The van der Waals surface area contributed by atoms with Gasteiger partial charge in [-0.15, -0.1) is 0 Å². The normalized spacial score (nSPS) is 17.8. The number of aromatic nitrogens is 1. The Morgan fingerprint density at radius 1 is 1.04 bits per heavy atom. The zero-order valence-corrected chi connectivity index (χ0v) is 14.0. The van der Waals surface area contributed by atoms with Crippen molar-refractivity contribution in [2.24, 2.45) is 0 Å². The SMILES string of the molecule is CN1C(=O)CCc2cc(-c3cncc(N4CCNCC4)c3)ccc21. The lowest BCUT2D eigenvalue weighted by Gasteiger charge is -2.29. The molecule has 2 aliphatic rings. The molecule has 5 nitrogen and oxygen atoms in total. The van der Waals surface area contributed by atoms with Gasteiger partial charge in [0.25, 0.3) is 0 Å². The minimum Gasteiger partial charge on any atom is -0.368 e. The molecule has 2 aliphatic heterocycles. The zero-order chi connectivity index (χ0) is 16.5. The molecule has 0 radical (unpaired) electrons. The van der Waals surface area contributed by atoms with E-state index in [-0.39, 0.29) is 5.91 Å². The molecule has 24 heavy (non-hydrogen) atoms. The van der Waals surface area contributed by atoms with Crippen LogP contribution in [0.25, 0.3) is 11.1 Å². The minimum atomic E-state index is 0.192. The predicted molar refractivity (Wildman–Crippen MR) is 96.5 cm³/mol. The summed E-state index contributed by atoms with van der Waals surface area (Å²) in [6, 6.07) is 8.57. The maximum absolute atomic E-state index is 11.8. The third kappa shape index (κ3) is 2.76. The van der Waals surface area contributed by atoms with Gasteiger partial charge in [-0.2, -0.15) is 0 Å². The van der Waals surface area contributed by atoms with Gasteiger partial charge in [-0.25, -0.2) is 0 Å². The van der Waals surface area contributed by atoms with Gasteiger partial charge in [-0.3, -0.25) is 9.78 Å². The van der Waals surface area contributed by atoms with Crippen LogP contribution in [0.4, 0.5) is 11.4 Å². The number of aryl methyl sites for hydroxylation is 1. The summed E-state index contributed by atoms with van der Waals surface area (Å²) in [5, 5.41) is 3.38. The van der Waals surface area contributed by atoms with Gasteiger partial charge in [-0.1, -0.05) is 6.07 Å². The number of piperazine rings is 1. The smallest absolute Gasteiger partial charge is 0.227 e. The third-order valence-electron chi connectivity index (χ3n) is 4.96. The van der Waals surface area contributed by atoms with Gasteiger partial charge in [0.1, 0.15) is 0 Å². The van der Waals surface area contributed by atoms with Crippen LogP contribution < -0.4 is 15.1 Å². The van der Waals surface area contributed by atoms with Crippen LogP contribution in [0.3, 0.4) is 0 Å². The summed E-state index contributed by atoms with van der Waals surface area (Å²) in [7, 11) is 1.85. The number of carbonyl (C=O) groups excluding carboxylic acids is 1. The first-order chi connectivity index (χ1) is 11.7. The molecule has 1 N–H and O–H groups in total. The van der Waals surface area contributed by atoms with E-state index < -0.39 is 0 Å². The molecule has 1 fully saturated rings. The van der Waals surface area contributed by atoms with Gasteiger partial charge < -0.3 is 15.1 Å². The van der Waals surface area contributed by atoms with Crippen molar-refractivity contribution in [3.8, 4) is 11.1 Å². The van der Waals surface area contributed by atoms with Crippen molar-refractivity contribution < 1.29 is 4.79 Å². The summed E-state index contributed by atoms with van der Waals surface area (Å²) in [5.74, 6) is 0.192. The topological polar surface area (TPSA) is 48.5 Å². The molecule has 4 rings (SSSR count). The fraction of sp³-hybridized carbons (Fsp3) is 0.368. The highest BCUT2D eigenvalue weighted by Gasteiger charge is 2.21. The quantitative estimate of drug-likeness (QED) is 0.919. The van der Waals surface area contributed by atoms with Gasteiger partial charge in [0.2, 0.25) is 5.91 Å². The third-order valence-corrected chi connectivity index (χ3v) is 4.96. The molecule has 5 heteroatoms. The Kier molecular flexibility index (Phi) is 3.94. The van der Waals surface area contributed by atoms with E-state index in [0.29, 0.717) is 6.42 Å². The van der Waals surface area contributed by atoms with E-state index in [4.69, 9.17) is 0 Å². The second-order valence-corrected chi connectivity index (χ2v) is 6.47. The van der Waals surface area contributed by atoms with Gasteiger partial charge >= 0.3 is 0 Å². The number of nitrogens with zero attached hydrogens (tertiary/aromatic N) is 3. The summed E-state index contributed by atoms with van der Waals surface area (Å²) >= 11 is 0. The van der Waals surface area contributed by atoms with Crippen LogP contribution in [0.5, 0.6) is 0 Å². The molecule has 3 heterocycles. The van der Waals surface area contributed by atoms with Crippen molar-refractivity contribution in [1.29, 1.82) is 0 Å². The van der Waals surface area contributed by atoms with Crippen LogP contribution in [-0.2, 0) is 11.2 Å². The molecule has 0 unspecified atom stereocenters. The predicted octanol–water partition coefficient (Wildman–Crippen LogP) is 2.07. The highest BCUT2D eigenvalue weighted by atomic mass is 16.2. The molecule has 1 saturated heterocycles. The number of carbonyl (C=O) groups is 1. The lowest BCUT2D eigenvalue weighted by molar-refractivity contribution is -0.118. The molecule has 0 saturated carbocycles. The molecule has 0 spiro atoms. The average molecular weight is 322 g/mol. The van der Waals surface area contributed by atoms with Crippen molar-refractivity contribution in [3.63, 3.8) is 0 Å². The number of pyridine rings is 1. The number of nitrogens with one attached hydrogen (secondary N) is 1. The Balaban J connectivity index is 1.65. The van der Waals surface area contributed by atoms with Crippen LogP contribution in [-0.4, -0.2) is 44.1 Å². The van der Waals surface area contributed by atoms with Crippen molar-refractivity contribution in [1.82, 2.24) is 10.3 Å². The second kappa shape index (κ2) is 6.24. The number of rotatable bonds is 2. The molecular formula is C19H22N4O. The molecule has 2 aromatic rings. The summed E-state index contributed by atoms with van der Waals surface area (Å²) in [6.45, 7) is 4.07. The number of benzene rings is 1. The monoisotopic (exact) mass is 322 g/mol. The van der Waals surface area contributed by atoms with Crippen molar-refractivity contribution in [3.05, 3.63) is 42.2 Å². The van der Waals surface area contributed by atoms with Gasteiger partial charge in [0.05, 0.1) is 11.9 Å². The average Bonchev–Trinajstić information content (AvgIpc) is 2.65. The molecule has 0 atom stereocenters. The van der Waals surface area contributed by atoms with Gasteiger partial charge in [0, 0.05) is 57.1 Å².